The molecule has 4 heteroatoms. The molecule has 23 heavy (non-hydrogen) atoms. The number of carbonyl (C=O) groups excluding carboxylic acids is 1. The number of unbranched alkanes of at least 4 members (excludes halogenated alkanes) is 1. The zero-order valence-corrected chi connectivity index (χ0v) is 13.1. The molecule has 3 nitrogen and oxygen atoms in total. The van der Waals surface area contributed by atoms with Crippen LogP contribution in [0.4, 0.5) is 10.1 Å². The van der Waals surface area contributed by atoms with Gasteiger partial charge in [-0.1, -0.05) is 37.6 Å². The second kappa shape index (κ2) is 8.73. The molecule has 0 bridgehead atoms. The number of para-hydroxylation sites is 2. The van der Waals surface area contributed by atoms with Crippen LogP contribution in [0.1, 0.15) is 25.3 Å². The average molecular weight is 313 g/mol. The van der Waals surface area contributed by atoms with Gasteiger partial charge in [-0.05, 0) is 42.3 Å². The Balaban J connectivity index is 1.98. The fourth-order valence-corrected chi connectivity index (χ4v) is 1.94. The number of amides is 1. The summed E-state index contributed by atoms with van der Waals surface area (Å²) in [6.07, 6.45) is 5.06. The molecule has 0 aliphatic rings. The number of hydrogen-bond acceptors (Lipinski definition) is 2. The molecule has 0 atom stereocenters. The maximum absolute atomic E-state index is 12.8. The Labute approximate surface area is 135 Å². The Hall–Kier alpha value is -2.62. The first-order valence-electron chi connectivity index (χ1n) is 7.65. The van der Waals surface area contributed by atoms with Crippen molar-refractivity contribution in [1.82, 2.24) is 0 Å². The minimum atomic E-state index is -0.301. The molecule has 0 heterocycles. The van der Waals surface area contributed by atoms with E-state index < -0.39 is 0 Å². The van der Waals surface area contributed by atoms with Crippen LogP contribution in [0.2, 0.25) is 0 Å². The van der Waals surface area contributed by atoms with Crippen LogP contribution in [0.15, 0.2) is 54.6 Å². The number of carbonyl (C=O) groups is 1. The number of halogens is 1. The van der Waals surface area contributed by atoms with Gasteiger partial charge in [0.15, 0.2) is 0 Å². The summed E-state index contributed by atoms with van der Waals surface area (Å²) in [6.45, 7) is 2.71. The molecule has 2 rings (SSSR count). The maximum Gasteiger partial charge on any atom is 0.248 e. The smallest absolute Gasteiger partial charge is 0.248 e. The molecular formula is C19H20FNO2. The minimum absolute atomic E-state index is 0.263. The zero-order chi connectivity index (χ0) is 16.5. The molecule has 120 valence electrons. The van der Waals surface area contributed by atoms with Crippen molar-refractivity contribution in [1.29, 1.82) is 0 Å². The van der Waals surface area contributed by atoms with Gasteiger partial charge < -0.3 is 10.1 Å². The maximum atomic E-state index is 12.8. The minimum Gasteiger partial charge on any atom is -0.491 e. The van der Waals surface area contributed by atoms with Crippen molar-refractivity contribution < 1.29 is 13.9 Å². The third-order valence-corrected chi connectivity index (χ3v) is 3.20. The van der Waals surface area contributed by atoms with Crippen molar-refractivity contribution in [2.24, 2.45) is 0 Å². The summed E-state index contributed by atoms with van der Waals surface area (Å²) < 4.78 is 18.5. The van der Waals surface area contributed by atoms with E-state index >= 15 is 0 Å². The summed E-state index contributed by atoms with van der Waals surface area (Å²) in [6, 6.07) is 13.3. The monoisotopic (exact) mass is 313 g/mol. The largest absolute Gasteiger partial charge is 0.491 e. The molecule has 1 N–H and O–H groups in total. The van der Waals surface area contributed by atoms with E-state index in [1.54, 1.807) is 24.3 Å². The molecule has 0 aliphatic heterocycles. The van der Waals surface area contributed by atoms with Crippen LogP contribution in [0, 0.1) is 5.82 Å². The second-order valence-electron chi connectivity index (χ2n) is 5.07. The van der Waals surface area contributed by atoms with Crippen molar-refractivity contribution in [2.75, 3.05) is 11.9 Å². The summed E-state index contributed by atoms with van der Waals surface area (Å²) in [4.78, 5) is 12.0. The second-order valence-corrected chi connectivity index (χ2v) is 5.07. The SMILES string of the molecule is CCCCOc1ccccc1NC(=O)C=Cc1ccc(F)cc1. The highest BCUT2D eigenvalue weighted by molar-refractivity contribution is 6.02. The quantitative estimate of drug-likeness (QED) is 0.596. The highest BCUT2D eigenvalue weighted by Crippen LogP contribution is 2.24. The Kier molecular flexibility index (Phi) is 6.36. The molecule has 0 spiro atoms. The molecule has 0 aliphatic carbocycles. The predicted molar refractivity (Wildman–Crippen MR) is 90.9 cm³/mol. The molecule has 0 aromatic heterocycles. The summed E-state index contributed by atoms with van der Waals surface area (Å²) in [5.41, 5.74) is 1.39. The van der Waals surface area contributed by atoms with Crippen molar-refractivity contribution >= 4 is 17.7 Å². The highest BCUT2D eigenvalue weighted by atomic mass is 19.1. The summed E-state index contributed by atoms with van der Waals surface area (Å²) in [7, 11) is 0. The molecule has 2 aromatic carbocycles. The Morgan fingerprint density at radius 2 is 1.91 bits per heavy atom. The molecule has 0 saturated heterocycles. The lowest BCUT2D eigenvalue weighted by atomic mass is 10.2. The lowest BCUT2D eigenvalue weighted by Crippen LogP contribution is -2.09. The van der Waals surface area contributed by atoms with Gasteiger partial charge in [0.1, 0.15) is 11.6 Å². The molecule has 1 amide bonds. The molecule has 2 aromatic rings. The molecule has 0 radical (unpaired) electrons. The Morgan fingerprint density at radius 3 is 2.65 bits per heavy atom. The first-order valence-corrected chi connectivity index (χ1v) is 7.65. The van der Waals surface area contributed by atoms with Crippen LogP contribution >= 0.6 is 0 Å². The van der Waals surface area contributed by atoms with E-state index in [0.717, 1.165) is 18.4 Å². The summed E-state index contributed by atoms with van der Waals surface area (Å²) >= 11 is 0. The number of rotatable bonds is 7. The van der Waals surface area contributed by atoms with Gasteiger partial charge in [-0.15, -0.1) is 0 Å². The van der Waals surface area contributed by atoms with Gasteiger partial charge in [0.2, 0.25) is 5.91 Å². The van der Waals surface area contributed by atoms with Gasteiger partial charge in [0, 0.05) is 6.08 Å². The van der Waals surface area contributed by atoms with Crippen LogP contribution < -0.4 is 10.1 Å². The van der Waals surface area contributed by atoms with E-state index in [0.29, 0.717) is 18.0 Å². The fourth-order valence-electron chi connectivity index (χ4n) is 1.94. The third kappa shape index (κ3) is 5.58. The Bertz CT molecular complexity index is 665. The standard InChI is InChI=1S/C19H20FNO2/c1-2-3-14-23-18-7-5-4-6-17(18)21-19(22)13-10-15-8-11-16(20)12-9-15/h4-13H,2-3,14H2,1H3,(H,21,22). The molecule has 0 unspecified atom stereocenters. The number of anilines is 1. The van der Waals surface area contributed by atoms with E-state index in [2.05, 4.69) is 12.2 Å². The normalized spacial score (nSPS) is 10.7. The van der Waals surface area contributed by atoms with E-state index in [1.807, 2.05) is 18.2 Å². The fraction of sp³-hybridized carbons (Fsp3) is 0.211. The van der Waals surface area contributed by atoms with E-state index in [9.17, 15) is 9.18 Å². The first-order chi connectivity index (χ1) is 11.2. The molecule has 0 saturated carbocycles. The van der Waals surface area contributed by atoms with Gasteiger partial charge in [0.25, 0.3) is 0 Å². The number of ether oxygens (including phenoxy) is 1. The Morgan fingerprint density at radius 1 is 1.17 bits per heavy atom. The van der Waals surface area contributed by atoms with Crippen molar-refractivity contribution in [3.8, 4) is 5.75 Å². The lowest BCUT2D eigenvalue weighted by Gasteiger charge is -2.11. The molecular weight excluding hydrogens is 293 g/mol. The van der Waals surface area contributed by atoms with Crippen LogP contribution in [-0.4, -0.2) is 12.5 Å². The van der Waals surface area contributed by atoms with Crippen LogP contribution in [-0.2, 0) is 4.79 Å². The van der Waals surface area contributed by atoms with Crippen molar-refractivity contribution in [3.63, 3.8) is 0 Å². The summed E-state index contributed by atoms with van der Waals surface area (Å²) in [5, 5.41) is 2.79. The first kappa shape index (κ1) is 16.7. The van der Waals surface area contributed by atoms with Crippen LogP contribution in [0.5, 0.6) is 5.75 Å². The summed E-state index contributed by atoms with van der Waals surface area (Å²) in [5.74, 6) is 0.0927. The van der Waals surface area contributed by atoms with E-state index in [4.69, 9.17) is 4.74 Å². The van der Waals surface area contributed by atoms with Crippen LogP contribution in [0.25, 0.3) is 6.08 Å². The number of nitrogens with one attached hydrogen (secondary N) is 1. The van der Waals surface area contributed by atoms with Crippen molar-refractivity contribution in [2.45, 2.75) is 19.8 Å². The number of hydrogen-bond donors (Lipinski definition) is 1. The zero-order valence-electron chi connectivity index (χ0n) is 13.1. The average Bonchev–Trinajstić information content (AvgIpc) is 2.56. The predicted octanol–water partition coefficient (Wildman–Crippen LogP) is 4.66. The van der Waals surface area contributed by atoms with Gasteiger partial charge in [-0.3, -0.25) is 4.79 Å². The van der Waals surface area contributed by atoms with E-state index in [1.165, 1.54) is 18.2 Å². The van der Waals surface area contributed by atoms with Gasteiger partial charge in [-0.2, -0.15) is 0 Å². The van der Waals surface area contributed by atoms with Gasteiger partial charge in [-0.25, -0.2) is 4.39 Å². The molecule has 0 fully saturated rings. The highest BCUT2D eigenvalue weighted by Gasteiger charge is 2.05. The van der Waals surface area contributed by atoms with Gasteiger partial charge in [0.05, 0.1) is 12.3 Å². The van der Waals surface area contributed by atoms with Crippen LogP contribution in [0.3, 0.4) is 0 Å². The van der Waals surface area contributed by atoms with E-state index in [-0.39, 0.29) is 11.7 Å². The third-order valence-electron chi connectivity index (χ3n) is 3.20. The topological polar surface area (TPSA) is 38.3 Å². The lowest BCUT2D eigenvalue weighted by molar-refractivity contribution is -0.111. The number of benzene rings is 2. The van der Waals surface area contributed by atoms with Gasteiger partial charge >= 0.3 is 0 Å². The van der Waals surface area contributed by atoms with Crippen molar-refractivity contribution in [3.05, 3.63) is 66.0 Å².